The van der Waals surface area contributed by atoms with E-state index in [0.717, 1.165) is 0 Å². The van der Waals surface area contributed by atoms with Gasteiger partial charge in [-0.3, -0.25) is 9.69 Å². The largest absolute Gasteiger partial charge is 0.493 e. The summed E-state index contributed by atoms with van der Waals surface area (Å²) in [5.74, 6) is 0.395. The number of likely N-dealkylation sites (N-methyl/N-ethyl adjacent to an activating group) is 1. The Kier molecular flexibility index (Phi) is 8.65. The lowest BCUT2D eigenvalue weighted by molar-refractivity contribution is -0.129. The molecule has 1 amide bonds. The van der Waals surface area contributed by atoms with Crippen molar-refractivity contribution in [1.82, 2.24) is 14.1 Å². The second kappa shape index (κ2) is 10.6. The van der Waals surface area contributed by atoms with Crippen LogP contribution in [0.15, 0.2) is 29.2 Å². The minimum absolute atomic E-state index is 0.00590. The van der Waals surface area contributed by atoms with E-state index in [-0.39, 0.29) is 35.5 Å². The van der Waals surface area contributed by atoms with E-state index in [1.165, 1.54) is 33.5 Å². The highest BCUT2D eigenvalue weighted by atomic mass is 32.2. The third-order valence-corrected chi connectivity index (χ3v) is 8.55. The Hall–Kier alpha value is -1.69. The molecule has 0 aliphatic carbocycles. The Morgan fingerprint density at radius 3 is 2.30 bits per heavy atom. The fourth-order valence-corrected chi connectivity index (χ4v) is 5.06. The second-order valence-corrected chi connectivity index (χ2v) is 11.8. The number of benzene rings is 1. The summed E-state index contributed by atoms with van der Waals surface area (Å²) in [6, 6.07) is 6.01. The summed E-state index contributed by atoms with van der Waals surface area (Å²) >= 11 is 0. The van der Waals surface area contributed by atoms with Gasteiger partial charge in [-0.2, -0.15) is 4.31 Å². The van der Waals surface area contributed by atoms with E-state index in [2.05, 4.69) is 0 Å². The maximum absolute atomic E-state index is 13.0. The van der Waals surface area contributed by atoms with Gasteiger partial charge in [0, 0.05) is 39.5 Å². The van der Waals surface area contributed by atoms with Crippen LogP contribution in [-0.2, 0) is 24.7 Å². The van der Waals surface area contributed by atoms with Crippen LogP contribution in [0.4, 0.5) is 0 Å². The van der Waals surface area contributed by atoms with Crippen molar-refractivity contribution in [2.24, 2.45) is 0 Å². The van der Waals surface area contributed by atoms with Gasteiger partial charge in [-0.1, -0.05) is 6.92 Å². The summed E-state index contributed by atoms with van der Waals surface area (Å²) in [5.41, 5.74) is 0. The van der Waals surface area contributed by atoms with Crippen LogP contribution in [0.3, 0.4) is 0 Å². The molecule has 11 heteroatoms. The number of sulfonamides is 1. The van der Waals surface area contributed by atoms with Crippen LogP contribution in [0.1, 0.15) is 13.3 Å². The molecule has 0 atom stereocenters. The second-order valence-electron chi connectivity index (χ2n) is 7.38. The van der Waals surface area contributed by atoms with E-state index in [1.54, 1.807) is 21.0 Å². The Morgan fingerprint density at radius 1 is 1.03 bits per heavy atom. The van der Waals surface area contributed by atoms with Crippen molar-refractivity contribution in [3.8, 4) is 5.75 Å². The smallest absolute Gasteiger partial charge is 0.243 e. The average molecular weight is 462 g/mol. The molecule has 1 aliphatic rings. The summed E-state index contributed by atoms with van der Waals surface area (Å²) in [4.78, 5) is 15.6. The molecule has 9 nitrogen and oxygen atoms in total. The van der Waals surface area contributed by atoms with Crippen molar-refractivity contribution >= 4 is 25.8 Å². The first-order valence-electron chi connectivity index (χ1n) is 9.91. The van der Waals surface area contributed by atoms with E-state index >= 15 is 0 Å². The first kappa shape index (κ1) is 24.6. The van der Waals surface area contributed by atoms with Crippen molar-refractivity contribution in [2.75, 3.05) is 64.9 Å². The Morgan fingerprint density at radius 2 is 1.70 bits per heavy atom. The third-order valence-electron chi connectivity index (χ3n) is 4.97. The minimum atomic E-state index is -3.66. The summed E-state index contributed by atoms with van der Waals surface area (Å²) in [6.45, 7) is 3.75. The van der Waals surface area contributed by atoms with Crippen LogP contribution >= 0.6 is 0 Å². The van der Waals surface area contributed by atoms with Gasteiger partial charge >= 0.3 is 0 Å². The molecule has 1 aromatic carbocycles. The monoisotopic (exact) mass is 461 g/mol. The van der Waals surface area contributed by atoms with Gasteiger partial charge in [0.25, 0.3) is 0 Å². The molecule has 0 aromatic heterocycles. The quantitative estimate of drug-likeness (QED) is 0.520. The molecule has 1 saturated heterocycles. The summed E-state index contributed by atoms with van der Waals surface area (Å²) < 4.78 is 55.8. The average Bonchev–Trinajstić information content (AvgIpc) is 2.94. The fourth-order valence-electron chi connectivity index (χ4n) is 2.97. The van der Waals surface area contributed by atoms with E-state index in [1.807, 2.05) is 4.90 Å². The first-order valence-corrected chi connectivity index (χ1v) is 13.2. The van der Waals surface area contributed by atoms with Gasteiger partial charge < -0.3 is 9.64 Å². The maximum atomic E-state index is 13.0. The fraction of sp³-hybridized carbons (Fsp3) is 0.632. The number of amides is 1. The number of sulfone groups is 1. The molecule has 1 heterocycles. The summed E-state index contributed by atoms with van der Waals surface area (Å²) in [5, 5.41) is 0. The topological polar surface area (TPSA) is 104 Å². The molecule has 1 aromatic rings. The van der Waals surface area contributed by atoms with Crippen LogP contribution in [0, 0.1) is 0 Å². The number of hydrogen-bond donors (Lipinski definition) is 0. The lowest BCUT2D eigenvalue weighted by atomic mass is 10.3. The lowest BCUT2D eigenvalue weighted by Crippen LogP contribution is -2.39. The predicted octanol–water partition coefficient (Wildman–Crippen LogP) is 0.285. The number of carbonyl (C=O) groups excluding carboxylic acids is 1. The predicted molar refractivity (Wildman–Crippen MR) is 115 cm³/mol. The van der Waals surface area contributed by atoms with E-state index in [4.69, 9.17) is 4.74 Å². The molecule has 2 rings (SSSR count). The zero-order valence-electron chi connectivity index (χ0n) is 17.8. The summed E-state index contributed by atoms with van der Waals surface area (Å²) in [6.07, 6.45) is 0.646. The summed E-state index contributed by atoms with van der Waals surface area (Å²) in [7, 11) is -3.37. The highest BCUT2D eigenvalue weighted by Crippen LogP contribution is 2.21. The number of carbonyl (C=O) groups is 1. The van der Waals surface area contributed by atoms with Crippen LogP contribution < -0.4 is 4.74 Å². The number of rotatable bonds is 9. The van der Waals surface area contributed by atoms with Crippen LogP contribution in [-0.4, -0.2) is 102 Å². The molecule has 0 radical (unpaired) electrons. The van der Waals surface area contributed by atoms with E-state index < -0.39 is 19.9 Å². The standard InChI is InChI=1S/C19H31N3O6S2/c1-4-29(24,25)15-14-28-17-6-8-18(9-7-17)30(26,27)22-11-5-10-21(12-13-22)16-19(23)20(2)3/h6-9H,4-5,10-16H2,1-3H3. The van der Waals surface area contributed by atoms with Crippen molar-refractivity contribution in [3.63, 3.8) is 0 Å². The third kappa shape index (κ3) is 6.93. The zero-order chi connectivity index (χ0) is 22.4. The first-order chi connectivity index (χ1) is 14.0. The molecule has 0 bridgehead atoms. The Bertz CT molecular complexity index is 914. The molecule has 1 fully saturated rings. The lowest BCUT2D eigenvalue weighted by Gasteiger charge is -2.22. The van der Waals surface area contributed by atoms with Crippen LogP contribution in [0.5, 0.6) is 5.75 Å². The Balaban J connectivity index is 1.97. The van der Waals surface area contributed by atoms with Crippen molar-refractivity contribution < 1.29 is 26.4 Å². The van der Waals surface area contributed by atoms with Gasteiger partial charge in [-0.25, -0.2) is 16.8 Å². The molecule has 0 unspecified atom stereocenters. The maximum Gasteiger partial charge on any atom is 0.243 e. The molecular formula is C19H31N3O6S2. The highest BCUT2D eigenvalue weighted by Gasteiger charge is 2.27. The molecule has 0 N–H and O–H groups in total. The van der Waals surface area contributed by atoms with Gasteiger partial charge in [-0.05, 0) is 37.2 Å². The van der Waals surface area contributed by atoms with Gasteiger partial charge in [0.1, 0.15) is 12.4 Å². The number of nitrogens with zero attached hydrogens (tertiary/aromatic N) is 3. The Labute approximate surface area is 179 Å². The molecular weight excluding hydrogens is 430 g/mol. The van der Waals surface area contributed by atoms with Crippen molar-refractivity contribution in [3.05, 3.63) is 24.3 Å². The number of ether oxygens (including phenoxy) is 1. The van der Waals surface area contributed by atoms with Gasteiger partial charge in [0.15, 0.2) is 9.84 Å². The van der Waals surface area contributed by atoms with Crippen LogP contribution in [0.25, 0.3) is 0 Å². The van der Waals surface area contributed by atoms with Gasteiger partial charge in [0.05, 0.1) is 17.2 Å². The molecule has 1 aliphatic heterocycles. The molecule has 0 spiro atoms. The molecule has 0 saturated carbocycles. The van der Waals surface area contributed by atoms with E-state index in [9.17, 15) is 21.6 Å². The normalized spacial score (nSPS) is 16.8. The van der Waals surface area contributed by atoms with Crippen molar-refractivity contribution in [1.29, 1.82) is 0 Å². The molecule has 170 valence electrons. The minimum Gasteiger partial charge on any atom is -0.493 e. The van der Waals surface area contributed by atoms with Gasteiger partial charge in [0.2, 0.25) is 15.9 Å². The van der Waals surface area contributed by atoms with E-state index in [0.29, 0.717) is 38.3 Å². The number of hydrogen-bond acceptors (Lipinski definition) is 7. The SMILES string of the molecule is CCS(=O)(=O)CCOc1ccc(S(=O)(=O)N2CCCN(CC(=O)N(C)C)CC2)cc1. The zero-order valence-corrected chi connectivity index (χ0v) is 19.4. The highest BCUT2D eigenvalue weighted by molar-refractivity contribution is 7.91. The molecule has 30 heavy (non-hydrogen) atoms. The van der Waals surface area contributed by atoms with Gasteiger partial charge in [-0.15, -0.1) is 0 Å². The van der Waals surface area contributed by atoms with Crippen LogP contribution in [0.2, 0.25) is 0 Å². The van der Waals surface area contributed by atoms with Crippen molar-refractivity contribution in [2.45, 2.75) is 18.2 Å².